The fourth-order valence-electron chi connectivity index (χ4n) is 3.45. The number of alkyl carbamates (subject to hydrolysis) is 1. The Hall–Kier alpha value is -4.32. The molecular formula is C27H31N3O8S. The van der Waals surface area contributed by atoms with Crippen molar-refractivity contribution in [3.8, 4) is 17.4 Å². The Kier molecular flexibility index (Phi) is 9.72. The molecule has 0 spiro atoms. The van der Waals surface area contributed by atoms with Crippen molar-refractivity contribution < 1.29 is 33.7 Å². The van der Waals surface area contributed by atoms with Crippen LogP contribution >= 0.6 is 11.3 Å². The topological polar surface area (TPSA) is 156 Å². The number of aromatic amines is 1. The molecule has 39 heavy (non-hydrogen) atoms. The van der Waals surface area contributed by atoms with Crippen LogP contribution in [0.3, 0.4) is 0 Å². The predicted octanol–water partition coefficient (Wildman–Crippen LogP) is 3.25. The molecule has 1 unspecified atom stereocenters. The van der Waals surface area contributed by atoms with Crippen LogP contribution in [0, 0.1) is 0 Å². The SMILES string of the molecule is COC(=O)C(Cc1ccc(Oc2ccc(Cc3sc(=O)[nH]c3O)cc2)cc1)NC(=O)CNC(=O)OC(C)(C)C. The maximum Gasteiger partial charge on any atom is 0.408 e. The van der Waals surface area contributed by atoms with Crippen molar-refractivity contribution in [2.75, 3.05) is 13.7 Å². The molecule has 1 heterocycles. The molecule has 208 valence electrons. The number of aromatic nitrogens is 1. The van der Waals surface area contributed by atoms with Crippen molar-refractivity contribution in [1.82, 2.24) is 15.6 Å². The average Bonchev–Trinajstić information content (AvgIpc) is 3.19. The van der Waals surface area contributed by atoms with Crippen molar-refractivity contribution in [3.05, 3.63) is 74.2 Å². The van der Waals surface area contributed by atoms with Crippen LogP contribution < -0.4 is 20.2 Å². The Morgan fingerprint density at radius 1 is 1.00 bits per heavy atom. The average molecular weight is 558 g/mol. The first-order chi connectivity index (χ1) is 18.4. The summed E-state index contributed by atoms with van der Waals surface area (Å²) in [6.45, 7) is 4.76. The van der Waals surface area contributed by atoms with E-state index in [1.54, 1.807) is 57.2 Å². The Balaban J connectivity index is 1.54. The van der Waals surface area contributed by atoms with Gasteiger partial charge in [-0.05, 0) is 56.2 Å². The van der Waals surface area contributed by atoms with Gasteiger partial charge in [0, 0.05) is 12.8 Å². The van der Waals surface area contributed by atoms with Crippen molar-refractivity contribution in [2.45, 2.75) is 45.3 Å². The summed E-state index contributed by atoms with van der Waals surface area (Å²) in [5, 5.41) is 14.7. The number of aromatic hydroxyl groups is 1. The number of carbonyl (C=O) groups is 3. The number of ether oxygens (including phenoxy) is 3. The minimum atomic E-state index is -0.958. The molecule has 0 fully saturated rings. The monoisotopic (exact) mass is 557 g/mol. The third-order valence-corrected chi connectivity index (χ3v) is 6.07. The van der Waals surface area contributed by atoms with Gasteiger partial charge in [0.05, 0.1) is 12.0 Å². The summed E-state index contributed by atoms with van der Waals surface area (Å²) in [6.07, 6.45) is -0.160. The number of rotatable bonds is 10. The third-order valence-electron chi connectivity index (χ3n) is 5.20. The van der Waals surface area contributed by atoms with Crippen LogP contribution in [0.2, 0.25) is 0 Å². The second-order valence-corrected chi connectivity index (χ2v) is 10.6. The molecule has 2 aromatic carbocycles. The fourth-order valence-corrected chi connectivity index (χ4v) is 4.20. The minimum absolute atomic E-state index is 0.114. The number of nitrogens with one attached hydrogen (secondary N) is 3. The van der Waals surface area contributed by atoms with E-state index in [2.05, 4.69) is 15.6 Å². The molecule has 0 radical (unpaired) electrons. The number of benzene rings is 2. The van der Waals surface area contributed by atoms with Crippen LogP contribution in [-0.4, -0.2) is 53.4 Å². The summed E-state index contributed by atoms with van der Waals surface area (Å²) in [6, 6.07) is 13.3. The van der Waals surface area contributed by atoms with Crippen molar-refractivity contribution in [2.24, 2.45) is 0 Å². The first-order valence-corrected chi connectivity index (χ1v) is 12.8. The van der Waals surface area contributed by atoms with E-state index < -0.39 is 29.6 Å². The predicted molar refractivity (Wildman–Crippen MR) is 144 cm³/mol. The minimum Gasteiger partial charge on any atom is -0.494 e. The molecule has 0 saturated carbocycles. The highest BCUT2D eigenvalue weighted by molar-refractivity contribution is 7.09. The summed E-state index contributed by atoms with van der Waals surface area (Å²) in [5.41, 5.74) is 0.950. The molecule has 1 aromatic heterocycles. The highest BCUT2D eigenvalue weighted by atomic mass is 32.1. The van der Waals surface area contributed by atoms with Gasteiger partial charge < -0.3 is 30.0 Å². The van der Waals surface area contributed by atoms with Crippen LogP contribution in [-0.2, 0) is 31.9 Å². The lowest BCUT2D eigenvalue weighted by atomic mass is 10.1. The summed E-state index contributed by atoms with van der Waals surface area (Å²) < 4.78 is 15.8. The molecule has 12 heteroatoms. The number of hydrogen-bond acceptors (Lipinski definition) is 9. The van der Waals surface area contributed by atoms with Gasteiger partial charge in [-0.25, -0.2) is 9.59 Å². The number of thiazole rings is 1. The zero-order valence-corrected chi connectivity index (χ0v) is 22.8. The first-order valence-electron chi connectivity index (χ1n) is 12.0. The van der Waals surface area contributed by atoms with Crippen LogP contribution in [0.25, 0.3) is 0 Å². The quantitative estimate of drug-likeness (QED) is 0.277. The van der Waals surface area contributed by atoms with Crippen LogP contribution in [0.1, 0.15) is 36.8 Å². The van der Waals surface area contributed by atoms with Gasteiger partial charge in [0.25, 0.3) is 0 Å². The first kappa shape index (κ1) is 29.2. The van der Waals surface area contributed by atoms with Gasteiger partial charge in [-0.3, -0.25) is 14.6 Å². The van der Waals surface area contributed by atoms with Crippen molar-refractivity contribution >= 4 is 29.3 Å². The van der Waals surface area contributed by atoms with Gasteiger partial charge in [-0.15, -0.1) is 0 Å². The van der Waals surface area contributed by atoms with E-state index >= 15 is 0 Å². The summed E-state index contributed by atoms with van der Waals surface area (Å²) in [4.78, 5) is 50.3. The van der Waals surface area contributed by atoms with Crippen LogP contribution in [0.15, 0.2) is 53.3 Å². The standard InChI is InChI=1S/C27H31N3O8S/c1-27(2,3)38-25(34)28-15-22(31)29-20(24(33)36-4)13-16-5-9-18(10-6-16)37-19-11-7-17(8-12-19)14-21-23(32)30-26(35)39-21/h5-12,20,32H,13-15H2,1-4H3,(H,28,34)(H,29,31)(H,30,35). The molecule has 1 atom stereocenters. The number of hydrogen-bond donors (Lipinski definition) is 4. The van der Waals surface area contributed by atoms with Crippen LogP contribution in [0.5, 0.6) is 17.4 Å². The summed E-state index contributed by atoms with van der Waals surface area (Å²) in [7, 11) is 1.23. The zero-order chi connectivity index (χ0) is 28.6. The Labute approximate surface area is 229 Å². The molecule has 3 rings (SSSR count). The Morgan fingerprint density at radius 3 is 2.10 bits per heavy atom. The smallest absolute Gasteiger partial charge is 0.408 e. The Morgan fingerprint density at radius 2 is 1.59 bits per heavy atom. The van der Waals surface area contributed by atoms with Gasteiger partial charge in [-0.1, -0.05) is 35.6 Å². The fraction of sp³-hybridized carbons (Fsp3) is 0.333. The zero-order valence-electron chi connectivity index (χ0n) is 22.0. The van der Waals surface area contributed by atoms with E-state index in [1.165, 1.54) is 7.11 Å². The molecule has 0 saturated heterocycles. The lowest BCUT2D eigenvalue weighted by molar-refractivity contribution is -0.144. The molecular weight excluding hydrogens is 526 g/mol. The molecule has 4 N–H and O–H groups in total. The van der Waals surface area contributed by atoms with Crippen molar-refractivity contribution in [3.63, 3.8) is 0 Å². The molecule has 11 nitrogen and oxygen atoms in total. The van der Waals surface area contributed by atoms with Gasteiger partial charge in [0.1, 0.15) is 29.7 Å². The lowest BCUT2D eigenvalue weighted by Gasteiger charge is -2.20. The molecule has 0 aliphatic heterocycles. The molecule has 0 aliphatic carbocycles. The van der Waals surface area contributed by atoms with Gasteiger partial charge in [0.15, 0.2) is 0 Å². The summed E-state index contributed by atoms with van der Waals surface area (Å²) in [5.74, 6) is -0.151. The lowest BCUT2D eigenvalue weighted by Crippen LogP contribution is -2.47. The molecule has 0 bridgehead atoms. The maximum absolute atomic E-state index is 12.3. The van der Waals surface area contributed by atoms with E-state index in [-0.39, 0.29) is 23.7 Å². The maximum atomic E-state index is 12.3. The number of carbonyl (C=O) groups excluding carboxylic acids is 3. The normalized spacial score (nSPS) is 11.8. The van der Waals surface area contributed by atoms with Gasteiger partial charge >= 0.3 is 16.9 Å². The highest BCUT2D eigenvalue weighted by Crippen LogP contribution is 2.25. The number of methoxy groups -OCH3 is 1. The third kappa shape index (κ3) is 9.49. The van der Waals surface area contributed by atoms with Gasteiger partial charge in [-0.2, -0.15) is 0 Å². The second-order valence-electron chi connectivity index (χ2n) is 9.56. The molecule has 0 aliphatic rings. The number of esters is 1. The van der Waals surface area contributed by atoms with E-state index in [0.717, 1.165) is 22.5 Å². The largest absolute Gasteiger partial charge is 0.494 e. The van der Waals surface area contributed by atoms with Gasteiger partial charge in [0.2, 0.25) is 11.8 Å². The van der Waals surface area contributed by atoms with E-state index in [1.807, 2.05) is 12.1 Å². The molecule has 2 amide bonds. The number of H-pyrrole nitrogens is 1. The van der Waals surface area contributed by atoms with Crippen LogP contribution in [0.4, 0.5) is 4.79 Å². The highest BCUT2D eigenvalue weighted by Gasteiger charge is 2.23. The Bertz CT molecular complexity index is 1340. The van der Waals surface area contributed by atoms with E-state index in [0.29, 0.717) is 22.8 Å². The van der Waals surface area contributed by atoms with Crippen molar-refractivity contribution in [1.29, 1.82) is 0 Å². The number of amides is 2. The summed E-state index contributed by atoms with van der Waals surface area (Å²) >= 11 is 0.967. The van der Waals surface area contributed by atoms with E-state index in [4.69, 9.17) is 14.2 Å². The second kappa shape index (κ2) is 13.0. The molecule has 3 aromatic rings. The van der Waals surface area contributed by atoms with E-state index in [9.17, 15) is 24.3 Å².